The molecule has 0 atom stereocenters. The number of benzene rings is 2. The summed E-state index contributed by atoms with van der Waals surface area (Å²) in [5.74, 6) is -0.749. The Morgan fingerprint density at radius 2 is 1.77 bits per heavy atom. The van der Waals surface area contributed by atoms with Gasteiger partial charge in [-0.3, -0.25) is 9.59 Å². The van der Waals surface area contributed by atoms with E-state index >= 15 is 0 Å². The van der Waals surface area contributed by atoms with Crippen molar-refractivity contribution in [2.45, 2.75) is 13.3 Å². The first-order valence-electron chi connectivity index (χ1n) is 8.31. The fraction of sp³-hybridized carbons (Fsp3) is 0.158. The largest absolute Gasteiger partial charge is 0.342 e. The Morgan fingerprint density at radius 1 is 1.04 bits per heavy atom. The molecule has 3 aromatic rings. The van der Waals surface area contributed by atoms with E-state index < -0.39 is 5.91 Å². The second-order valence-electron chi connectivity index (χ2n) is 5.63. The summed E-state index contributed by atoms with van der Waals surface area (Å²) < 4.78 is 1.51. The van der Waals surface area contributed by atoms with Gasteiger partial charge in [0.2, 0.25) is 5.91 Å². The minimum Gasteiger partial charge on any atom is -0.342 e. The second kappa shape index (κ2) is 8.06. The number of rotatable bonds is 6. The van der Waals surface area contributed by atoms with Crippen LogP contribution < -0.4 is 10.6 Å². The summed E-state index contributed by atoms with van der Waals surface area (Å²) in [6.45, 7) is 1.87. The SMILES string of the molecule is CCc1ccccc1NC(=O)CNC(=O)c1cn(-c2ccccc2)nn1. The van der Waals surface area contributed by atoms with Gasteiger partial charge in [0.1, 0.15) is 0 Å². The molecule has 3 rings (SSSR count). The quantitative estimate of drug-likeness (QED) is 0.714. The van der Waals surface area contributed by atoms with Crippen LogP contribution in [0.4, 0.5) is 5.69 Å². The molecule has 0 fully saturated rings. The van der Waals surface area contributed by atoms with E-state index in [4.69, 9.17) is 0 Å². The highest BCUT2D eigenvalue weighted by atomic mass is 16.2. The van der Waals surface area contributed by atoms with Gasteiger partial charge in [0.15, 0.2) is 5.69 Å². The molecule has 2 N–H and O–H groups in total. The number of hydrogen-bond donors (Lipinski definition) is 2. The van der Waals surface area contributed by atoms with Crippen molar-refractivity contribution in [2.24, 2.45) is 0 Å². The van der Waals surface area contributed by atoms with Gasteiger partial charge in [0.25, 0.3) is 5.91 Å². The van der Waals surface area contributed by atoms with Gasteiger partial charge in [0, 0.05) is 5.69 Å². The number of carbonyl (C=O) groups excluding carboxylic acids is 2. The fourth-order valence-electron chi connectivity index (χ4n) is 2.47. The van der Waals surface area contributed by atoms with Crippen molar-refractivity contribution in [2.75, 3.05) is 11.9 Å². The predicted molar refractivity (Wildman–Crippen MR) is 98.1 cm³/mol. The Kier molecular flexibility index (Phi) is 5.38. The molecule has 0 aliphatic rings. The van der Waals surface area contributed by atoms with E-state index in [-0.39, 0.29) is 18.1 Å². The van der Waals surface area contributed by atoms with Crippen molar-refractivity contribution < 1.29 is 9.59 Å². The van der Waals surface area contributed by atoms with E-state index in [2.05, 4.69) is 20.9 Å². The monoisotopic (exact) mass is 349 g/mol. The van der Waals surface area contributed by atoms with Gasteiger partial charge in [-0.2, -0.15) is 0 Å². The average molecular weight is 349 g/mol. The van der Waals surface area contributed by atoms with Crippen molar-refractivity contribution in [3.63, 3.8) is 0 Å². The summed E-state index contributed by atoms with van der Waals surface area (Å²) >= 11 is 0. The van der Waals surface area contributed by atoms with E-state index in [1.165, 1.54) is 10.9 Å². The molecule has 0 aliphatic carbocycles. The molecular formula is C19H19N5O2. The minimum absolute atomic E-state index is 0.144. The van der Waals surface area contributed by atoms with Gasteiger partial charge in [-0.1, -0.05) is 48.5 Å². The lowest BCUT2D eigenvalue weighted by Gasteiger charge is -2.09. The second-order valence-corrected chi connectivity index (χ2v) is 5.63. The van der Waals surface area contributed by atoms with Crippen LogP contribution in [0.2, 0.25) is 0 Å². The van der Waals surface area contributed by atoms with E-state index in [0.717, 1.165) is 23.4 Å². The molecule has 0 aliphatic heterocycles. The van der Waals surface area contributed by atoms with Gasteiger partial charge in [-0.15, -0.1) is 5.10 Å². The molecule has 0 unspecified atom stereocenters. The number of anilines is 1. The van der Waals surface area contributed by atoms with Gasteiger partial charge >= 0.3 is 0 Å². The van der Waals surface area contributed by atoms with E-state index in [1.807, 2.05) is 61.5 Å². The standard InChI is InChI=1S/C19H19N5O2/c1-2-14-8-6-7-11-16(14)21-18(25)12-20-19(26)17-13-24(23-22-17)15-9-4-3-5-10-15/h3-11,13H,2,12H2,1H3,(H,20,26)(H,21,25). The lowest BCUT2D eigenvalue weighted by atomic mass is 10.1. The van der Waals surface area contributed by atoms with Crippen LogP contribution >= 0.6 is 0 Å². The summed E-state index contributed by atoms with van der Waals surface area (Å²) in [6.07, 6.45) is 2.33. The van der Waals surface area contributed by atoms with Gasteiger partial charge in [-0.25, -0.2) is 4.68 Å². The van der Waals surface area contributed by atoms with Crippen molar-refractivity contribution >= 4 is 17.5 Å². The van der Waals surface area contributed by atoms with E-state index in [1.54, 1.807) is 0 Å². The number of nitrogens with one attached hydrogen (secondary N) is 2. The van der Waals surface area contributed by atoms with Crippen molar-refractivity contribution in [3.8, 4) is 5.69 Å². The van der Waals surface area contributed by atoms with Gasteiger partial charge < -0.3 is 10.6 Å². The normalized spacial score (nSPS) is 10.3. The molecule has 0 radical (unpaired) electrons. The predicted octanol–water partition coefficient (Wildman–Crippen LogP) is 2.20. The third-order valence-corrected chi connectivity index (χ3v) is 3.83. The molecule has 0 saturated heterocycles. The fourth-order valence-corrected chi connectivity index (χ4v) is 2.47. The molecule has 2 aromatic carbocycles. The zero-order chi connectivity index (χ0) is 18.4. The lowest BCUT2D eigenvalue weighted by molar-refractivity contribution is -0.115. The highest BCUT2D eigenvalue weighted by Gasteiger charge is 2.13. The molecule has 1 heterocycles. The highest BCUT2D eigenvalue weighted by molar-refractivity contribution is 5.98. The van der Waals surface area contributed by atoms with Crippen molar-refractivity contribution in [3.05, 3.63) is 72.1 Å². The third kappa shape index (κ3) is 4.13. The maximum Gasteiger partial charge on any atom is 0.273 e. The molecule has 132 valence electrons. The molecule has 2 amide bonds. The molecule has 0 bridgehead atoms. The maximum atomic E-state index is 12.2. The molecule has 7 heteroatoms. The number of aryl methyl sites for hydroxylation is 1. The molecule has 26 heavy (non-hydrogen) atoms. The number of hydrogen-bond acceptors (Lipinski definition) is 4. The Morgan fingerprint density at radius 3 is 2.54 bits per heavy atom. The van der Waals surface area contributed by atoms with Crippen LogP contribution in [-0.4, -0.2) is 33.4 Å². The highest BCUT2D eigenvalue weighted by Crippen LogP contribution is 2.15. The summed E-state index contributed by atoms with van der Waals surface area (Å²) in [4.78, 5) is 24.2. The van der Waals surface area contributed by atoms with Crippen LogP contribution in [0.1, 0.15) is 23.0 Å². The Balaban J connectivity index is 1.57. The Bertz CT molecular complexity index is 905. The smallest absolute Gasteiger partial charge is 0.273 e. The zero-order valence-corrected chi connectivity index (χ0v) is 14.3. The summed E-state index contributed by atoms with van der Waals surface area (Å²) in [7, 11) is 0. The van der Waals surface area contributed by atoms with Crippen molar-refractivity contribution in [1.82, 2.24) is 20.3 Å². The summed E-state index contributed by atoms with van der Waals surface area (Å²) in [5, 5.41) is 13.1. The lowest BCUT2D eigenvalue weighted by Crippen LogP contribution is -2.33. The first-order valence-corrected chi connectivity index (χ1v) is 8.31. The third-order valence-electron chi connectivity index (χ3n) is 3.83. The van der Waals surface area contributed by atoms with Gasteiger partial charge in [-0.05, 0) is 30.2 Å². The summed E-state index contributed by atoms with van der Waals surface area (Å²) in [6, 6.07) is 16.9. The van der Waals surface area contributed by atoms with Crippen LogP contribution in [0.25, 0.3) is 5.69 Å². The van der Waals surface area contributed by atoms with E-state index in [0.29, 0.717) is 0 Å². The van der Waals surface area contributed by atoms with Gasteiger partial charge in [0.05, 0.1) is 18.4 Å². The number of para-hydroxylation sites is 2. The minimum atomic E-state index is -0.453. The number of carbonyl (C=O) groups is 2. The number of nitrogens with zero attached hydrogens (tertiary/aromatic N) is 3. The van der Waals surface area contributed by atoms with Crippen LogP contribution in [0.15, 0.2) is 60.8 Å². The Hall–Kier alpha value is -3.48. The number of aromatic nitrogens is 3. The Labute approximate surface area is 151 Å². The topological polar surface area (TPSA) is 88.9 Å². The average Bonchev–Trinajstić information content (AvgIpc) is 3.17. The van der Waals surface area contributed by atoms with Crippen LogP contribution in [-0.2, 0) is 11.2 Å². The van der Waals surface area contributed by atoms with Crippen LogP contribution in [0, 0.1) is 0 Å². The molecule has 1 aromatic heterocycles. The van der Waals surface area contributed by atoms with Crippen LogP contribution in [0.3, 0.4) is 0 Å². The van der Waals surface area contributed by atoms with Crippen molar-refractivity contribution in [1.29, 1.82) is 0 Å². The molecule has 0 spiro atoms. The first kappa shape index (κ1) is 17.3. The zero-order valence-electron chi connectivity index (χ0n) is 14.3. The molecular weight excluding hydrogens is 330 g/mol. The number of amides is 2. The molecule has 0 saturated carbocycles. The molecule has 7 nitrogen and oxygen atoms in total. The van der Waals surface area contributed by atoms with Crippen LogP contribution in [0.5, 0.6) is 0 Å². The first-order chi connectivity index (χ1) is 12.7. The summed E-state index contributed by atoms with van der Waals surface area (Å²) in [5.41, 5.74) is 2.74. The van der Waals surface area contributed by atoms with E-state index in [9.17, 15) is 9.59 Å². The maximum absolute atomic E-state index is 12.2.